The van der Waals surface area contributed by atoms with E-state index in [1.54, 1.807) is 0 Å². The average molecular weight is 326 g/mol. The van der Waals surface area contributed by atoms with Crippen molar-refractivity contribution in [2.24, 2.45) is 23.2 Å². The molecule has 0 amide bonds. The van der Waals surface area contributed by atoms with Crippen molar-refractivity contribution in [3.05, 3.63) is 41.0 Å². The van der Waals surface area contributed by atoms with Gasteiger partial charge >= 0.3 is 0 Å². The Hall–Kier alpha value is -1.28. The lowest BCUT2D eigenvalue weighted by Gasteiger charge is -2.49. The predicted octanol–water partition coefficient (Wildman–Crippen LogP) is 4.80. The number of phenols is 1. The molecule has 130 valence electrons. The molecule has 1 aromatic carbocycles. The number of aryl methyl sites for hydroxylation is 1. The second-order valence-electron chi connectivity index (χ2n) is 8.94. The second-order valence-corrected chi connectivity index (χ2v) is 8.94. The van der Waals surface area contributed by atoms with Crippen molar-refractivity contribution in [3.8, 4) is 5.75 Å². The SMILES string of the molecule is CC(C)C=C1CC2C3CCc4cc(O)ccc4C3CC[C@]2(C)[C@H]1O. The van der Waals surface area contributed by atoms with E-state index >= 15 is 0 Å². The van der Waals surface area contributed by atoms with E-state index in [0.29, 0.717) is 29.4 Å². The number of benzene rings is 1. The van der Waals surface area contributed by atoms with Crippen molar-refractivity contribution in [2.45, 2.75) is 64.9 Å². The van der Waals surface area contributed by atoms with Gasteiger partial charge in [0, 0.05) is 5.41 Å². The van der Waals surface area contributed by atoms with Crippen LogP contribution in [0.5, 0.6) is 5.75 Å². The second kappa shape index (κ2) is 5.62. The molecule has 2 saturated carbocycles. The molecule has 0 radical (unpaired) electrons. The van der Waals surface area contributed by atoms with E-state index in [1.807, 2.05) is 12.1 Å². The van der Waals surface area contributed by atoms with Gasteiger partial charge in [-0.05, 0) is 84.6 Å². The van der Waals surface area contributed by atoms with Crippen molar-refractivity contribution >= 4 is 0 Å². The summed E-state index contributed by atoms with van der Waals surface area (Å²) in [6, 6.07) is 5.97. The van der Waals surface area contributed by atoms with E-state index in [4.69, 9.17) is 0 Å². The first-order valence-corrected chi connectivity index (χ1v) is 9.60. The minimum atomic E-state index is -0.257. The zero-order valence-corrected chi connectivity index (χ0v) is 15.1. The van der Waals surface area contributed by atoms with Gasteiger partial charge < -0.3 is 10.2 Å². The first kappa shape index (κ1) is 16.2. The van der Waals surface area contributed by atoms with E-state index < -0.39 is 0 Å². The van der Waals surface area contributed by atoms with Gasteiger partial charge in [-0.25, -0.2) is 0 Å². The number of hydrogen-bond acceptors (Lipinski definition) is 2. The van der Waals surface area contributed by atoms with Crippen molar-refractivity contribution in [3.63, 3.8) is 0 Å². The standard InChI is InChI=1S/C22H30O2/c1-13(2)10-15-12-20-19-6-4-14-11-16(23)5-7-17(14)18(19)8-9-22(20,3)21(15)24/h5,7,10-11,13,18-21,23-24H,4,6,8-9,12H2,1-3H3/t18?,19?,20?,21-,22-/m0/s1. The summed E-state index contributed by atoms with van der Waals surface area (Å²) in [5.41, 5.74) is 4.14. The zero-order chi connectivity index (χ0) is 17.1. The van der Waals surface area contributed by atoms with Gasteiger partial charge in [0.2, 0.25) is 0 Å². The highest BCUT2D eigenvalue weighted by atomic mass is 16.3. The van der Waals surface area contributed by atoms with Crippen molar-refractivity contribution < 1.29 is 10.2 Å². The lowest BCUT2D eigenvalue weighted by Crippen LogP contribution is -2.44. The Bertz CT molecular complexity index is 675. The summed E-state index contributed by atoms with van der Waals surface area (Å²) in [5, 5.41) is 20.8. The Morgan fingerprint density at radius 3 is 2.79 bits per heavy atom. The summed E-state index contributed by atoms with van der Waals surface area (Å²) in [4.78, 5) is 0. The van der Waals surface area contributed by atoms with Crippen molar-refractivity contribution in [1.82, 2.24) is 0 Å². The van der Waals surface area contributed by atoms with Crippen LogP contribution < -0.4 is 0 Å². The van der Waals surface area contributed by atoms with E-state index in [-0.39, 0.29) is 11.5 Å². The number of aromatic hydroxyl groups is 1. The van der Waals surface area contributed by atoms with Crippen LogP contribution in [-0.2, 0) is 6.42 Å². The summed E-state index contributed by atoms with van der Waals surface area (Å²) >= 11 is 0. The first-order valence-electron chi connectivity index (χ1n) is 9.60. The highest BCUT2D eigenvalue weighted by molar-refractivity contribution is 5.40. The Morgan fingerprint density at radius 1 is 1.25 bits per heavy atom. The van der Waals surface area contributed by atoms with Gasteiger partial charge in [0.25, 0.3) is 0 Å². The maximum Gasteiger partial charge on any atom is 0.115 e. The molecule has 5 atom stereocenters. The maximum atomic E-state index is 11.0. The van der Waals surface area contributed by atoms with Gasteiger partial charge in [0.1, 0.15) is 5.75 Å². The maximum absolute atomic E-state index is 11.0. The Balaban J connectivity index is 1.69. The molecule has 3 unspecified atom stereocenters. The largest absolute Gasteiger partial charge is 0.508 e. The molecule has 0 saturated heterocycles. The van der Waals surface area contributed by atoms with E-state index in [9.17, 15) is 10.2 Å². The molecule has 2 N–H and O–H groups in total. The van der Waals surface area contributed by atoms with Gasteiger partial charge in [0.05, 0.1) is 6.10 Å². The summed E-state index contributed by atoms with van der Waals surface area (Å²) < 4.78 is 0. The zero-order valence-electron chi connectivity index (χ0n) is 15.1. The third-order valence-corrected chi connectivity index (χ3v) is 7.13. The number of fused-ring (bicyclic) bond motifs is 5. The van der Waals surface area contributed by atoms with Gasteiger partial charge in [-0.15, -0.1) is 0 Å². The number of rotatable bonds is 1. The van der Waals surface area contributed by atoms with Crippen LogP contribution >= 0.6 is 0 Å². The van der Waals surface area contributed by atoms with E-state index in [2.05, 4.69) is 32.9 Å². The molecule has 0 aliphatic heterocycles. The Labute approximate surface area is 145 Å². The third kappa shape index (κ3) is 2.34. The highest BCUT2D eigenvalue weighted by Crippen LogP contribution is 2.62. The first-order chi connectivity index (χ1) is 11.4. The number of aliphatic hydroxyl groups is 1. The smallest absolute Gasteiger partial charge is 0.115 e. The van der Waals surface area contributed by atoms with E-state index in [0.717, 1.165) is 19.3 Å². The Kier molecular flexibility index (Phi) is 3.80. The minimum absolute atomic E-state index is 0.0519. The molecule has 0 spiro atoms. The molecule has 3 aliphatic carbocycles. The van der Waals surface area contributed by atoms with Crippen molar-refractivity contribution in [2.75, 3.05) is 0 Å². The monoisotopic (exact) mass is 326 g/mol. The molecule has 2 fully saturated rings. The summed E-state index contributed by atoms with van der Waals surface area (Å²) in [6.07, 6.45) is 7.66. The van der Waals surface area contributed by atoms with Crippen LogP contribution in [0.15, 0.2) is 29.8 Å². The Morgan fingerprint density at radius 2 is 2.04 bits per heavy atom. The van der Waals surface area contributed by atoms with Crippen LogP contribution in [-0.4, -0.2) is 16.3 Å². The van der Waals surface area contributed by atoms with Gasteiger partial charge in [-0.2, -0.15) is 0 Å². The molecular formula is C22H30O2. The minimum Gasteiger partial charge on any atom is -0.508 e. The van der Waals surface area contributed by atoms with E-state index in [1.165, 1.54) is 29.5 Å². The van der Waals surface area contributed by atoms with Crippen LogP contribution in [0.25, 0.3) is 0 Å². The van der Waals surface area contributed by atoms with Gasteiger partial charge in [0.15, 0.2) is 0 Å². The number of hydrogen-bond donors (Lipinski definition) is 2. The van der Waals surface area contributed by atoms with Crippen LogP contribution in [0, 0.1) is 23.2 Å². The topological polar surface area (TPSA) is 40.5 Å². The fraction of sp³-hybridized carbons (Fsp3) is 0.636. The number of phenolic OH excluding ortho intramolecular Hbond substituents is 1. The van der Waals surface area contributed by atoms with Crippen molar-refractivity contribution in [1.29, 1.82) is 0 Å². The lowest BCUT2D eigenvalue weighted by atomic mass is 9.55. The van der Waals surface area contributed by atoms with Crippen LogP contribution in [0.2, 0.25) is 0 Å². The van der Waals surface area contributed by atoms with Crippen LogP contribution in [0.4, 0.5) is 0 Å². The van der Waals surface area contributed by atoms with Gasteiger partial charge in [-0.3, -0.25) is 0 Å². The molecule has 2 heteroatoms. The number of allylic oxidation sites excluding steroid dienone is 1. The molecule has 0 bridgehead atoms. The average Bonchev–Trinajstić information content (AvgIpc) is 2.78. The highest BCUT2D eigenvalue weighted by Gasteiger charge is 2.56. The fourth-order valence-electron chi connectivity index (χ4n) is 6.02. The molecule has 0 aromatic heterocycles. The molecular weight excluding hydrogens is 296 g/mol. The number of aliphatic hydroxyl groups excluding tert-OH is 1. The fourth-order valence-corrected chi connectivity index (χ4v) is 6.02. The summed E-state index contributed by atoms with van der Waals surface area (Å²) in [6.45, 7) is 6.73. The molecule has 0 heterocycles. The lowest BCUT2D eigenvalue weighted by molar-refractivity contribution is -0.0161. The van der Waals surface area contributed by atoms with Gasteiger partial charge in [-0.1, -0.05) is 32.9 Å². The summed E-state index contributed by atoms with van der Waals surface area (Å²) in [5.74, 6) is 2.78. The third-order valence-electron chi connectivity index (χ3n) is 7.13. The van der Waals surface area contributed by atoms with Crippen LogP contribution in [0.1, 0.15) is 63.5 Å². The molecule has 4 rings (SSSR count). The predicted molar refractivity (Wildman–Crippen MR) is 97.0 cm³/mol. The summed E-state index contributed by atoms with van der Waals surface area (Å²) in [7, 11) is 0. The molecule has 1 aromatic rings. The normalized spacial score (nSPS) is 39.6. The molecule has 3 aliphatic rings. The molecule has 24 heavy (non-hydrogen) atoms. The quantitative estimate of drug-likeness (QED) is 0.728. The molecule has 2 nitrogen and oxygen atoms in total. The van der Waals surface area contributed by atoms with Crippen LogP contribution in [0.3, 0.4) is 0 Å².